The van der Waals surface area contributed by atoms with E-state index in [9.17, 15) is 9.59 Å². The van der Waals surface area contributed by atoms with Gasteiger partial charge in [-0.3, -0.25) is 14.0 Å². The third-order valence-electron chi connectivity index (χ3n) is 4.66. The number of carbonyl (C=O) groups excluding carboxylic acids is 1. The first-order valence-corrected chi connectivity index (χ1v) is 10.3. The van der Waals surface area contributed by atoms with E-state index < -0.39 is 0 Å². The molecule has 0 aliphatic carbocycles. The van der Waals surface area contributed by atoms with Crippen LogP contribution in [0, 0.1) is 6.92 Å². The van der Waals surface area contributed by atoms with Gasteiger partial charge < -0.3 is 14.8 Å². The van der Waals surface area contributed by atoms with Crippen LogP contribution in [-0.2, 0) is 11.4 Å². The van der Waals surface area contributed by atoms with Gasteiger partial charge in [-0.05, 0) is 55.0 Å². The fourth-order valence-corrected chi connectivity index (χ4v) is 3.22. The fraction of sp³-hybridized carbons (Fsp3) is 0.125. The van der Waals surface area contributed by atoms with Gasteiger partial charge in [-0.2, -0.15) is 0 Å². The molecule has 0 unspecified atom stereocenters. The number of benzene rings is 2. The molecule has 0 aliphatic heterocycles. The second-order valence-corrected chi connectivity index (χ2v) is 7.48. The maximum Gasteiger partial charge on any atom is 0.262 e. The predicted molar refractivity (Wildman–Crippen MR) is 123 cm³/mol. The summed E-state index contributed by atoms with van der Waals surface area (Å²) in [6.07, 6.45) is 1.68. The number of anilines is 1. The Kier molecular flexibility index (Phi) is 6.37. The Morgan fingerprint density at radius 1 is 1.06 bits per heavy atom. The number of hydrogen-bond acceptors (Lipinski definition) is 5. The van der Waals surface area contributed by atoms with Gasteiger partial charge in [0.05, 0.1) is 11.4 Å². The van der Waals surface area contributed by atoms with E-state index in [-0.39, 0.29) is 24.7 Å². The molecule has 7 nitrogen and oxygen atoms in total. The van der Waals surface area contributed by atoms with Crippen LogP contribution < -0.4 is 20.3 Å². The van der Waals surface area contributed by atoms with Gasteiger partial charge in [-0.1, -0.05) is 29.8 Å². The molecule has 162 valence electrons. The van der Waals surface area contributed by atoms with Gasteiger partial charge in [0.1, 0.15) is 23.8 Å². The third-order valence-corrected chi connectivity index (χ3v) is 4.91. The Morgan fingerprint density at radius 3 is 2.66 bits per heavy atom. The van der Waals surface area contributed by atoms with Crippen molar-refractivity contribution in [2.24, 2.45) is 0 Å². The third kappa shape index (κ3) is 5.07. The SMILES string of the molecule is Cc1cccn2c(=O)cc(COc3ccccc3NC(=O)COc3ccc(Cl)cc3)nc12. The zero-order valence-electron chi connectivity index (χ0n) is 17.2. The number of para-hydroxylation sites is 2. The average Bonchev–Trinajstić information content (AvgIpc) is 2.79. The summed E-state index contributed by atoms with van der Waals surface area (Å²) in [5.41, 5.74) is 2.28. The lowest BCUT2D eigenvalue weighted by atomic mass is 10.2. The van der Waals surface area contributed by atoms with E-state index in [0.29, 0.717) is 33.6 Å². The molecule has 32 heavy (non-hydrogen) atoms. The van der Waals surface area contributed by atoms with Gasteiger partial charge in [0.25, 0.3) is 11.5 Å². The molecule has 2 aromatic heterocycles. The first-order chi connectivity index (χ1) is 15.5. The van der Waals surface area contributed by atoms with Crippen molar-refractivity contribution in [2.45, 2.75) is 13.5 Å². The molecule has 0 fully saturated rings. The van der Waals surface area contributed by atoms with Crippen molar-refractivity contribution in [3.8, 4) is 11.5 Å². The second kappa shape index (κ2) is 9.53. The monoisotopic (exact) mass is 449 g/mol. The molecule has 2 heterocycles. The van der Waals surface area contributed by atoms with Gasteiger partial charge in [0, 0.05) is 17.3 Å². The van der Waals surface area contributed by atoms with Crippen LogP contribution in [0.1, 0.15) is 11.3 Å². The van der Waals surface area contributed by atoms with E-state index >= 15 is 0 Å². The standard InChI is InChI=1S/C24H20ClN3O4/c1-16-5-4-12-28-23(30)13-18(26-24(16)28)14-32-21-7-3-2-6-20(21)27-22(29)15-31-19-10-8-17(25)9-11-19/h2-13H,14-15H2,1H3,(H,27,29). The molecule has 0 saturated heterocycles. The number of pyridine rings is 1. The first-order valence-electron chi connectivity index (χ1n) is 9.87. The summed E-state index contributed by atoms with van der Waals surface area (Å²) in [7, 11) is 0. The fourth-order valence-electron chi connectivity index (χ4n) is 3.10. The van der Waals surface area contributed by atoms with Crippen molar-refractivity contribution in [3.05, 3.63) is 99.6 Å². The Hall–Kier alpha value is -3.84. The maximum absolute atomic E-state index is 12.4. The summed E-state index contributed by atoms with van der Waals surface area (Å²) in [4.78, 5) is 29.2. The van der Waals surface area contributed by atoms with Crippen molar-refractivity contribution in [1.82, 2.24) is 9.38 Å². The van der Waals surface area contributed by atoms with Gasteiger partial charge in [0.15, 0.2) is 6.61 Å². The summed E-state index contributed by atoms with van der Waals surface area (Å²) in [5, 5.41) is 3.37. The van der Waals surface area contributed by atoms with Gasteiger partial charge in [0.2, 0.25) is 0 Å². The Bertz CT molecular complexity index is 1320. The maximum atomic E-state index is 12.4. The summed E-state index contributed by atoms with van der Waals surface area (Å²) in [6, 6.07) is 18.9. The highest BCUT2D eigenvalue weighted by Crippen LogP contribution is 2.25. The number of carbonyl (C=O) groups is 1. The van der Waals surface area contributed by atoms with Crippen LogP contribution >= 0.6 is 11.6 Å². The number of aryl methyl sites for hydroxylation is 1. The van der Waals surface area contributed by atoms with Gasteiger partial charge >= 0.3 is 0 Å². The Morgan fingerprint density at radius 2 is 1.84 bits per heavy atom. The summed E-state index contributed by atoms with van der Waals surface area (Å²) in [6.45, 7) is 1.80. The van der Waals surface area contributed by atoms with Crippen molar-refractivity contribution in [1.29, 1.82) is 0 Å². The number of nitrogens with one attached hydrogen (secondary N) is 1. The average molecular weight is 450 g/mol. The molecule has 8 heteroatoms. The normalized spacial score (nSPS) is 10.7. The number of ether oxygens (including phenoxy) is 2. The smallest absolute Gasteiger partial charge is 0.262 e. The van der Waals surface area contributed by atoms with Crippen molar-refractivity contribution in [3.63, 3.8) is 0 Å². The zero-order valence-corrected chi connectivity index (χ0v) is 18.0. The molecule has 0 radical (unpaired) electrons. The topological polar surface area (TPSA) is 81.9 Å². The minimum absolute atomic E-state index is 0.0776. The van der Waals surface area contributed by atoms with Crippen LogP contribution in [0.4, 0.5) is 5.69 Å². The van der Waals surface area contributed by atoms with Crippen molar-refractivity contribution in [2.75, 3.05) is 11.9 Å². The largest absolute Gasteiger partial charge is 0.485 e. The van der Waals surface area contributed by atoms with Crippen LogP contribution in [0.15, 0.2) is 77.7 Å². The molecule has 0 saturated carbocycles. The Labute approximate surface area is 189 Å². The highest BCUT2D eigenvalue weighted by molar-refractivity contribution is 6.30. The summed E-state index contributed by atoms with van der Waals surface area (Å²) < 4.78 is 12.8. The lowest BCUT2D eigenvalue weighted by Gasteiger charge is -2.13. The Balaban J connectivity index is 1.43. The number of amides is 1. The highest BCUT2D eigenvalue weighted by Gasteiger charge is 2.10. The summed E-state index contributed by atoms with van der Waals surface area (Å²) >= 11 is 5.85. The first kappa shape index (κ1) is 21.4. The lowest BCUT2D eigenvalue weighted by Crippen LogP contribution is -2.20. The van der Waals surface area contributed by atoms with Crippen molar-refractivity contribution < 1.29 is 14.3 Å². The highest BCUT2D eigenvalue weighted by atomic mass is 35.5. The van der Waals surface area contributed by atoms with E-state index in [1.54, 1.807) is 60.8 Å². The van der Waals surface area contributed by atoms with Gasteiger partial charge in [-0.15, -0.1) is 0 Å². The minimum Gasteiger partial charge on any atom is -0.485 e. The lowest BCUT2D eigenvalue weighted by molar-refractivity contribution is -0.118. The number of aromatic nitrogens is 2. The van der Waals surface area contributed by atoms with Crippen LogP contribution in [0.5, 0.6) is 11.5 Å². The number of hydrogen-bond donors (Lipinski definition) is 1. The molecule has 0 bridgehead atoms. The predicted octanol–water partition coefficient (Wildman–Crippen LogP) is 4.25. The van der Waals surface area contributed by atoms with E-state index in [1.807, 2.05) is 13.0 Å². The minimum atomic E-state index is -0.339. The molecule has 0 spiro atoms. The molecule has 1 N–H and O–H groups in total. The number of fused-ring (bicyclic) bond motifs is 1. The van der Waals surface area contributed by atoms with Crippen LogP contribution in [0.25, 0.3) is 5.65 Å². The number of halogens is 1. The molecule has 0 atom stereocenters. The van der Waals surface area contributed by atoms with E-state index in [1.165, 1.54) is 10.5 Å². The molecular formula is C24H20ClN3O4. The molecule has 4 aromatic rings. The molecule has 2 aromatic carbocycles. The second-order valence-electron chi connectivity index (χ2n) is 7.05. The van der Waals surface area contributed by atoms with E-state index in [4.69, 9.17) is 21.1 Å². The molecule has 0 aliphatic rings. The summed E-state index contributed by atoms with van der Waals surface area (Å²) in [5.74, 6) is 0.658. The van der Waals surface area contributed by atoms with Crippen LogP contribution in [0.2, 0.25) is 5.02 Å². The van der Waals surface area contributed by atoms with Crippen LogP contribution in [-0.4, -0.2) is 21.9 Å². The molecular weight excluding hydrogens is 430 g/mol. The van der Waals surface area contributed by atoms with Crippen LogP contribution in [0.3, 0.4) is 0 Å². The molecule has 1 amide bonds. The number of rotatable bonds is 7. The number of nitrogens with zero attached hydrogens (tertiary/aromatic N) is 2. The molecule has 4 rings (SSSR count). The van der Waals surface area contributed by atoms with Crippen molar-refractivity contribution >= 4 is 28.8 Å². The van der Waals surface area contributed by atoms with E-state index in [2.05, 4.69) is 10.3 Å². The van der Waals surface area contributed by atoms with Gasteiger partial charge in [-0.25, -0.2) is 4.98 Å². The zero-order chi connectivity index (χ0) is 22.5. The quantitative estimate of drug-likeness (QED) is 0.456. The van der Waals surface area contributed by atoms with E-state index in [0.717, 1.165) is 5.56 Å².